The Balaban J connectivity index is 1.30. The number of hydrogen-bond acceptors (Lipinski definition) is 5. The van der Waals surface area contributed by atoms with Crippen LogP contribution in [0.4, 0.5) is 5.69 Å². The number of nitrogens with zero attached hydrogens (tertiary/aromatic N) is 3. The number of benzene rings is 7. The number of hydrogen-bond donors (Lipinski definition) is 1. The monoisotopic (exact) mass is 654 g/mol. The van der Waals surface area contributed by atoms with Gasteiger partial charge in [-0.3, -0.25) is 0 Å². The van der Waals surface area contributed by atoms with Gasteiger partial charge >= 0.3 is 0 Å². The van der Waals surface area contributed by atoms with Crippen LogP contribution in [0.1, 0.15) is 22.3 Å². The molecule has 0 bridgehead atoms. The van der Waals surface area contributed by atoms with Gasteiger partial charge < -0.3 is 10.5 Å². The third kappa shape index (κ3) is 4.38. The van der Waals surface area contributed by atoms with Crippen LogP contribution in [0.2, 0.25) is 0 Å². The topological polar surface area (TPSA) is 73.9 Å². The van der Waals surface area contributed by atoms with Crippen LogP contribution in [-0.2, 0) is 5.41 Å². The van der Waals surface area contributed by atoms with E-state index in [2.05, 4.69) is 91.0 Å². The van der Waals surface area contributed by atoms with Crippen LogP contribution in [0.5, 0.6) is 11.5 Å². The Bertz CT molecular complexity index is 2530. The Morgan fingerprint density at radius 3 is 1.39 bits per heavy atom. The average Bonchev–Trinajstić information content (AvgIpc) is 3.49. The first-order valence-corrected chi connectivity index (χ1v) is 17.1. The summed E-state index contributed by atoms with van der Waals surface area (Å²) in [6.07, 6.45) is 0. The van der Waals surface area contributed by atoms with E-state index in [1.165, 1.54) is 22.3 Å². The predicted molar refractivity (Wildman–Crippen MR) is 203 cm³/mol. The molecular formula is C46H30N4O. The van der Waals surface area contributed by atoms with E-state index in [4.69, 9.17) is 25.4 Å². The number of nitrogens with two attached hydrogens (primary N) is 1. The molecule has 10 rings (SSSR count). The van der Waals surface area contributed by atoms with Crippen LogP contribution in [0.15, 0.2) is 170 Å². The fourth-order valence-electron chi connectivity index (χ4n) is 7.99. The summed E-state index contributed by atoms with van der Waals surface area (Å²) in [6.45, 7) is 0. The zero-order valence-electron chi connectivity index (χ0n) is 27.5. The van der Waals surface area contributed by atoms with Gasteiger partial charge in [0.15, 0.2) is 17.5 Å². The minimum Gasteiger partial charge on any atom is -0.455 e. The summed E-state index contributed by atoms with van der Waals surface area (Å²) >= 11 is 0. The summed E-state index contributed by atoms with van der Waals surface area (Å²) < 4.78 is 7.26. The Kier molecular flexibility index (Phi) is 6.48. The predicted octanol–water partition coefficient (Wildman–Crippen LogP) is 10.6. The van der Waals surface area contributed by atoms with Crippen molar-refractivity contribution < 1.29 is 4.74 Å². The molecule has 0 saturated carbocycles. The van der Waals surface area contributed by atoms with E-state index in [9.17, 15) is 0 Å². The number of nitrogen functional groups attached to an aromatic ring is 1. The van der Waals surface area contributed by atoms with Gasteiger partial charge in [-0.05, 0) is 46.0 Å². The van der Waals surface area contributed by atoms with Gasteiger partial charge in [-0.2, -0.15) is 0 Å². The first kappa shape index (κ1) is 29.1. The maximum absolute atomic E-state index is 7.26. The molecule has 0 atom stereocenters. The van der Waals surface area contributed by atoms with E-state index in [-0.39, 0.29) is 0 Å². The van der Waals surface area contributed by atoms with Crippen LogP contribution in [0.25, 0.3) is 56.4 Å². The quantitative estimate of drug-likeness (QED) is 0.191. The summed E-state index contributed by atoms with van der Waals surface area (Å²) in [5.74, 6) is 3.24. The highest BCUT2D eigenvalue weighted by Crippen LogP contribution is 2.64. The molecule has 0 fully saturated rings. The fraction of sp³-hybridized carbons (Fsp3) is 0.0217. The van der Waals surface area contributed by atoms with Crippen LogP contribution < -0.4 is 10.5 Å². The molecular weight excluding hydrogens is 625 g/mol. The molecule has 0 unspecified atom stereocenters. The molecule has 0 saturated heterocycles. The van der Waals surface area contributed by atoms with Gasteiger partial charge in [-0.25, -0.2) is 15.0 Å². The Hall–Kier alpha value is -6.85. The van der Waals surface area contributed by atoms with Gasteiger partial charge in [-0.1, -0.05) is 152 Å². The normalized spacial score (nSPS) is 13.1. The van der Waals surface area contributed by atoms with Gasteiger partial charge in [-0.15, -0.1) is 0 Å². The van der Waals surface area contributed by atoms with E-state index in [1.54, 1.807) is 0 Å². The molecule has 1 aliphatic heterocycles. The lowest BCUT2D eigenvalue weighted by molar-refractivity contribution is 0.439. The zero-order chi connectivity index (χ0) is 33.9. The molecule has 5 heteroatoms. The fourth-order valence-corrected chi connectivity index (χ4v) is 7.99. The second kappa shape index (κ2) is 11.4. The number of aromatic nitrogens is 3. The molecule has 1 aliphatic carbocycles. The third-order valence-electron chi connectivity index (χ3n) is 10.1. The molecule has 1 aromatic heterocycles. The van der Waals surface area contributed by atoms with Crippen LogP contribution in [-0.4, -0.2) is 15.0 Å². The van der Waals surface area contributed by atoms with Crippen molar-refractivity contribution in [2.75, 3.05) is 5.73 Å². The number of ether oxygens (including phenoxy) is 1. The maximum atomic E-state index is 7.26. The van der Waals surface area contributed by atoms with Crippen LogP contribution >= 0.6 is 0 Å². The summed E-state index contributed by atoms with van der Waals surface area (Å²) in [5.41, 5.74) is 17.9. The lowest BCUT2D eigenvalue weighted by Crippen LogP contribution is -2.32. The summed E-state index contributed by atoms with van der Waals surface area (Å²) in [6, 6.07) is 58.4. The van der Waals surface area contributed by atoms with Gasteiger partial charge in [0.25, 0.3) is 0 Å². The molecule has 7 aromatic carbocycles. The van der Waals surface area contributed by atoms with Gasteiger partial charge in [0.1, 0.15) is 11.5 Å². The average molecular weight is 655 g/mol. The molecule has 51 heavy (non-hydrogen) atoms. The molecule has 2 aliphatic rings. The second-order valence-electron chi connectivity index (χ2n) is 13.0. The summed E-state index contributed by atoms with van der Waals surface area (Å²) in [4.78, 5) is 15.2. The van der Waals surface area contributed by atoms with E-state index < -0.39 is 5.41 Å². The van der Waals surface area contributed by atoms with E-state index in [0.717, 1.165) is 50.4 Å². The zero-order valence-corrected chi connectivity index (χ0v) is 27.5. The minimum absolute atomic E-state index is 0.541. The van der Waals surface area contributed by atoms with E-state index in [0.29, 0.717) is 23.2 Å². The molecule has 5 nitrogen and oxygen atoms in total. The van der Waals surface area contributed by atoms with Gasteiger partial charge in [0, 0.05) is 33.5 Å². The molecule has 2 N–H and O–H groups in total. The maximum Gasteiger partial charge on any atom is 0.167 e. The molecule has 0 amide bonds. The number of para-hydroxylation sites is 2. The molecule has 0 radical (unpaired) electrons. The van der Waals surface area contributed by atoms with E-state index in [1.807, 2.05) is 78.9 Å². The second-order valence-corrected chi connectivity index (χ2v) is 13.0. The van der Waals surface area contributed by atoms with Crippen molar-refractivity contribution in [2.24, 2.45) is 0 Å². The highest BCUT2D eigenvalue weighted by molar-refractivity contribution is 5.92. The highest BCUT2D eigenvalue weighted by atomic mass is 16.5. The molecule has 240 valence electrons. The van der Waals surface area contributed by atoms with Crippen molar-refractivity contribution >= 4 is 5.69 Å². The highest BCUT2D eigenvalue weighted by Gasteiger charge is 2.52. The minimum atomic E-state index is -0.667. The lowest BCUT2D eigenvalue weighted by Gasteiger charge is -2.40. The standard InChI is InChI=1S/C46H30N4O/c47-32-19-11-18-31(28-32)33-22-12-26-39-41(33)51-42-36(45-49-43(29-14-3-1-4-15-29)48-44(50-45)30-16-5-2-6-17-30)23-13-27-40(42)46(39)37-24-9-7-20-34(37)35-21-8-10-25-38(35)46/h1-28H,47H2. The number of rotatable bonds is 4. The molecule has 1 spiro atoms. The molecule has 8 aromatic rings. The third-order valence-corrected chi connectivity index (χ3v) is 10.1. The first-order chi connectivity index (χ1) is 25.2. The smallest absolute Gasteiger partial charge is 0.167 e. The van der Waals surface area contributed by atoms with Gasteiger partial charge in [0.2, 0.25) is 0 Å². The molecule has 2 heterocycles. The lowest BCUT2D eigenvalue weighted by atomic mass is 9.65. The number of anilines is 1. The largest absolute Gasteiger partial charge is 0.455 e. The van der Waals surface area contributed by atoms with Crippen molar-refractivity contribution in [3.05, 3.63) is 192 Å². The van der Waals surface area contributed by atoms with Crippen molar-refractivity contribution in [3.8, 4) is 67.9 Å². The van der Waals surface area contributed by atoms with Crippen molar-refractivity contribution in [2.45, 2.75) is 5.41 Å². The Morgan fingerprint density at radius 2 is 0.804 bits per heavy atom. The van der Waals surface area contributed by atoms with E-state index >= 15 is 0 Å². The SMILES string of the molecule is Nc1cccc(-c2cccc3c2Oc2c(-c4nc(-c5ccccc5)nc(-c5ccccc5)n4)cccc2C32c3ccccc3-c3ccccc32)c1. The van der Waals surface area contributed by atoms with Crippen molar-refractivity contribution in [3.63, 3.8) is 0 Å². The first-order valence-electron chi connectivity index (χ1n) is 17.1. The van der Waals surface area contributed by atoms with Crippen LogP contribution in [0.3, 0.4) is 0 Å². The van der Waals surface area contributed by atoms with Crippen molar-refractivity contribution in [1.82, 2.24) is 15.0 Å². The summed E-state index contributed by atoms with van der Waals surface area (Å²) in [7, 11) is 0. The van der Waals surface area contributed by atoms with Crippen molar-refractivity contribution in [1.29, 1.82) is 0 Å². The summed E-state index contributed by atoms with van der Waals surface area (Å²) in [5, 5.41) is 0. The van der Waals surface area contributed by atoms with Crippen LogP contribution in [0, 0.1) is 0 Å². The van der Waals surface area contributed by atoms with Gasteiger partial charge in [0.05, 0.1) is 11.0 Å². The Labute approximate surface area is 295 Å². The number of fused-ring (bicyclic) bond motifs is 9. The Morgan fingerprint density at radius 1 is 0.373 bits per heavy atom.